The number of hydrogen-bond acceptors (Lipinski definition) is 13. The molecule has 2 aliphatic heterocycles. The van der Waals surface area contributed by atoms with Crippen molar-refractivity contribution in [2.75, 3.05) is 78.3 Å². The molecule has 1 unspecified atom stereocenters. The topological polar surface area (TPSA) is 159 Å². The first kappa shape index (κ1) is 40.7. The van der Waals surface area contributed by atoms with Crippen LogP contribution < -0.4 is 15.0 Å². The number of aromatic amines is 1. The van der Waals surface area contributed by atoms with E-state index in [-0.39, 0.29) is 22.8 Å². The van der Waals surface area contributed by atoms with Crippen LogP contribution in [-0.4, -0.2) is 115 Å². The van der Waals surface area contributed by atoms with Crippen molar-refractivity contribution >= 4 is 15.5 Å². The second kappa shape index (κ2) is 19.8. The highest BCUT2D eigenvalue weighted by atomic mass is 32.2. The van der Waals surface area contributed by atoms with Gasteiger partial charge in [-0.3, -0.25) is 0 Å². The summed E-state index contributed by atoms with van der Waals surface area (Å²) in [7, 11) is -0.675. The molecule has 0 saturated carbocycles. The Morgan fingerprint density at radius 3 is 2.51 bits per heavy atom. The number of nitrogens with zero attached hydrogens (tertiary/aromatic N) is 4. The SMILES string of the molecule is COCCCN1CCOc2ccc(C(O[C@H]3CNC[C@@H](OCCc4nn[nH]n4)[C@@H]3c3ccc(COC[C@@H](C)COC)cc3)S(=O)(=O)c3ccc(C)cc3)cc21. The molecule has 5 atom stereocenters. The van der Waals surface area contributed by atoms with E-state index in [1.807, 2.05) is 43.3 Å². The molecule has 0 amide bonds. The van der Waals surface area contributed by atoms with Gasteiger partial charge in [-0.25, -0.2) is 8.42 Å². The Kier molecular flexibility index (Phi) is 14.6. The number of tetrazole rings is 1. The molecule has 55 heavy (non-hydrogen) atoms. The summed E-state index contributed by atoms with van der Waals surface area (Å²) in [5, 5.41) is 17.7. The molecule has 1 aromatic heterocycles. The lowest BCUT2D eigenvalue weighted by Gasteiger charge is -2.40. The van der Waals surface area contributed by atoms with E-state index in [2.05, 4.69) is 49.9 Å². The van der Waals surface area contributed by atoms with Crippen molar-refractivity contribution in [2.24, 2.45) is 5.92 Å². The van der Waals surface area contributed by atoms with Gasteiger partial charge in [0.2, 0.25) is 9.84 Å². The monoisotopic (exact) mass is 778 g/mol. The van der Waals surface area contributed by atoms with E-state index in [0.29, 0.717) is 82.8 Å². The number of hydrogen-bond donors (Lipinski definition) is 2. The Bertz CT molecular complexity index is 1860. The third-order valence-corrected chi connectivity index (χ3v) is 11.8. The number of aromatic nitrogens is 4. The van der Waals surface area contributed by atoms with Crippen LogP contribution in [0.5, 0.6) is 5.75 Å². The van der Waals surface area contributed by atoms with Crippen molar-refractivity contribution in [3.05, 3.63) is 94.8 Å². The van der Waals surface area contributed by atoms with Crippen LogP contribution in [-0.2, 0) is 46.5 Å². The number of rotatable bonds is 20. The standard InChI is InChI=1S/C40H54N6O8S/c1-28-6-13-33(14-7-28)55(47,48)40(32-12-15-35-34(22-32)46(18-21-53-35)17-5-19-49-3)54-37-24-41-23-36(52-20-16-38-42-44-45-43-38)39(37)31-10-8-30(9-11-31)27-51-26-29(2)25-50-4/h6-15,22,29,36-37,39-41H,5,16-21,23-27H2,1-4H3,(H,42,43,44,45)/t29-,36+,37-,39-,40?/m0/s1. The van der Waals surface area contributed by atoms with E-state index in [9.17, 15) is 8.42 Å². The number of methoxy groups -OCH3 is 2. The van der Waals surface area contributed by atoms with Crippen LogP contribution in [0, 0.1) is 12.8 Å². The molecule has 0 spiro atoms. The highest BCUT2D eigenvalue weighted by molar-refractivity contribution is 7.91. The molecule has 2 N–H and O–H groups in total. The molecule has 2 aliphatic rings. The van der Waals surface area contributed by atoms with Crippen LogP contribution in [0.3, 0.4) is 0 Å². The number of H-pyrrole nitrogens is 1. The van der Waals surface area contributed by atoms with Crippen molar-refractivity contribution in [1.82, 2.24) is 25.9 Å². The van der Waals surface area contributed by atoms with Gasteiger partial charge in [-0.2, -0.15) is 5.21 Å². The van der Waals surface area contributed by atoms with E-state index in [0.717, 1.165) is 35.3 Å². The normalized spacial score (nSPS) is 19.8. The predicted octanol–water partition coefficient (Wildman–Crippen LogP) is 4.42. The average molecular weight is 779 g/mol. The second-order valence-electron chi connectivity index (χ2n) is 14.3. The number of ether oxygens (including phenoxy) is 6. The van der Waals surface area contributed by atoms with Gasteiger partial charge in [-0.05, 0) is 54.3 Å². The van der Waals surface area contributed by atoms with Gasteiger partial charge in [0.1, 0.15) is 12.4 Å². The number of anilines is 1. The Labute approximate surface area is 324 Å². The van der Waals surface area contributed by atoms with E-state index in [4.69, 9.17) is 28.4 Å². The lowest BCUT2D eigenvalue weighted by molar-refractivity contribution is -0.0637. The average Bonchev–Trinajstić information content (AvgIpc) is 3.71. The molecule has 14 nitrogen and oxygen atoms in total. The van der Waals surface area contributed by atoms with Crippen LogP contribution >= 0.6 is 0 Å². The Morgan fingerprint density at radius 2 is 1.76 bits per heavy atom. The molecule has 1 saturated heterocycles. The summed E-state index contributed by atoms with van der Waals surface area (Å²) in [6.45, 7) is 9.60. The summed E-state index contributed by atoms with van der Waals surface area (Å²) in [4.78, 5) is 2.41. The fraction of sp³-hybridized carbons (Fsp3) is 0.525. The lowest BCUT2D eigenvalue weighted by atomic mass is 9.85. The number of benzene rings is 3. The molecular formula is C40H54N6O8S. The van der Waals surface area contributed by atoms with Crippen molar-refractivity contribution < 1.29 is 36.8 Å². The van der Waals surface area contributed by atoms with Crippen molar-refractivity contribution in [3.63, 3.8) is 0 Å². The Morgan fingerprint density at radius 1 is 0.964 bits per heavy atom. The van der Waals surface area contributed by atoms with Crippen LogP contribution in [0.4, 0.5) is 5.69 Å². The smallest absolute Gasteiger partial charge is 0.209 e. The number of aryl methyl sites for hydroxylation is 1. The molecular weight excluding hydrogens is 725 g/mol. The minimum absolute atomic E-state index is 0.187. The minimum Gasteiger partial charge on any atom is -0.490 e. The van der Waals surface area contributed by atoms with E-state index in [1.165, 1.54) is 0 Å². The summed E-state index contributed by atoms with van der Waals surface area (Å²) >= 11 is 0. The lowest BCUT2D eigenvalue weighted by Crippen LogP contribution is -2.51. The maximum atomic E-state index is 14.8. The fourth-order valence-electron chi connectivity index (χ4n) is 7.13. The highest BCUT2D eigenvalue weighted by Crippen LogP contribution is 2.41. The zero-order valence-electron chi connectivity index (χ0n) is 32.2. The first-order valence-corrected chi connectivity index (χ1v) is 20.5. The zero-order chi connectivity index (χ0) is 38.6. The molecule has 1 fully saturated rings. The summed E-state index contributed by atoms with van der Waals surface area (Å²) in [6.07, 6.45) is 0.351. The second-order valence-corrected chi connectivity index (χ2v) is 16.3. The fourth-order valence-corrected chi connectivity index (χ4v) is 8.69. The van der Waals surface area contributed by atoms with Crippen LogP contribution in [0.25, 0.3) is 0 Å². The Balaban J connectivity index is 1.32. The van der Waals surface area contributed by atoms with Gasteiger partial charge >= 0.3 is 0 Å². The Hall–Kier alpha value is -3.96. The molecule has 0 aliphatic carbocycles. The first-order chi connectivity index (χ1) is 26.8. The van der Waals surface area contributed by atoms with Gasteiger partial charge < -0.3 is 38.6 Å². The van der Waals surface area contributed by atoms with Crippen LogP contribution in [0.15, 0.2) is 71.6 Å². The van der Waals surface area contributed by atoms with E-state index in [1.54, 1.807) is 32.4 Å². The molecule has 4 aromatic rings. The van der Waals surface area contributed by atoms with Gasteiger partial charge in [-0.1, -0.05) is 60.2 Å². The van der Waals surface area contributed by atoms with Crippen molar-refractivity contribution in [2.45, 2.75) is 61.8 Å². The minimum atomic E-state index is -4.06. The van der Waals surface area contributed by atoms with Gasteiger partial charge in [0, 0.05) is 58.7 Å². The maximum Gasteiger partial charge on any atom is 0.209 e. The summed E-state index contributed by atoms with van der Waals surface area (Å²) in [6, 6.07) is 20.7. The largest absolute Gasteiger partial charge is 0.490 e. The summed E-state index contributed by atoms with van der Waals surface area (Å²) < 4.78 is 65.5. The first-order valence-electron chi connectivity index (χ1n) is 18.9. The molecule has 15 heteroatoms. The highest BCUT2D eigenvalue weighted by Gasteiger charge is 2.41. The van der Waals surface area contributed by atoms with Crippen molar-refractivity contribution in [1.29, 1.82) is 0 Å². The molecule has 298 valence electrons. The van der Waals surface area contributed by atoms with Gasteiger partial charge in [0.25, 0.3) is 0 Å². The van der Waals surface area contributed by atoms with Gasteiger partial charge in [-0.15, -0.1) is 10.2 Å². The summed E-state index contributed by atoms with van der Waals surface area (Å²) in [5.41, 5.74) is 3.00. The third-order valence-electron chi connectivity index (χ3n) is 9.95. The van der Waals surface area contributed by atoms with Crippen molar-refractivity contribution in [3.8, 4) is 5.75 Å². The van der Waals surface area contributed by atoms with Crippen LogP contribution in [0.2, 0.25) is 0 Å². The molecule has 0 radical (unpaired) electrons. The molecule has 0 bridgehead atoms. The van der Waals surface area contributed by atoms with Gasteiger partial charge in [0.05, 0.1) is 55.8 Å². The molecule has 3 aromatic carbocycles. The molecule has 6 rings (SSSR count). The predicted molar refractivity (Wildman–Crippen MR) is 207 cm³/mol. The number of nitrogens with one attached hydrogen (secondary N) is 2. The van der Waals surface area contributed by atoms with Gasteiger partial charge in [0.15, 0.2) is 11.3 Å². The number of fused-ring (bicyclic) bond motifs is 1. The van der Waals surface area contributed by atoms with E-state index >= 15 is 0 Å². The molecule has 3 heterocycles. The van der Waals surface area contributed by atoms with Crippen LogP contribution in [0.1, 0.15) is 52.8 Å². The summed E-state index contributed by atoms with van der Waals surface area (Å²) in [5.74, 6) is 1.23. The zero-order valence-corrected chi connectivity index (χ0v) is 33.0. The quantitative estimate of drug-likeness (QED) is 0.122. The number of piperidine rings is 1. The van der Waals surface area contributed by atoms with E-state index < -0.39 is 21.4 Å². The maximum absolute atomic E-state index is 14.8. The third kappa shape index (κ3) is 10.7. The number of sulfone groups is 1.